The van der Waals surface area contributed by atoms with Crippen molar-refractivity contribution in [1.29, 1.82) is 0 Å². The van der Waals surface area contributed by atoms with Gasteiger partial charge in [-0.3, -0.25) is 0 Å². The lowest BCUT2D eigenvalue weighted by Crippen LogP contribution is -2.40. The van der Waals surface area contributed by atoms with Crippen LogP contribution in [0.4, 0.5) is 9.18 Å². The fourth-order valence-electron chi connectivity index (χ4n) is 1.61. The number of alkyl halides is 1. The van der Waals surface area contributed by atoms with E-state index in [1.165, 1.54) is 4.90 Å². The lowest BCUT2D eigenvalue weighted by atomic mass is 9.83. The van der Waals surface area contributed by atoms with E-state index >= 15 is 0 Å². The number of rotatable bonds is 2. The Morgan fingerprint density at radius 1 is 1.47 bits per heavy atom. The summed E-state index contributed by atoms with van der Waals surface area (Å²) in [6, 6.07) is 0. The van der Waals surface area contributed by atoms with Gasteiger partial charge in [0.1, 0.15) is 11.8 Å². The van der Waals surface area contributed by atoms with E-state index in [-0.39, 0.29) is 6.09 Å². The van der Waals surface area contributed by atoms with Gasteiger partial charge in [-0.05, 0) is 39.5 Å². The van der Waals surface area contributed by atoms with Gasteiger partial charge < -0.3 is 9.64 Å². The zero-order chi connectivity index (χ0) is 11.6. The summed E-state index contributed by atoms with van der Waals surface area (Å²) >= 11 is 0. The zero-order valence-electron chi connectivity index (χ0n) is 9.92. The maximum absolute atomic E-state index is 12.6. The lowest BCUT2D eigenvalue weighted by Gasteiger charge is -2.33. The molecule has 1 aliphatic rings. The van der Waals surface area contributed by atoms with Crippen molar-refractivity contribution in [3.05, 3.63) is 0 Å². The summed E-state index contributed by atoms with van der Waals surface area (Å²) < 4.78 is 17.7. The fraction of sp³-hybridized carbons (Fsp3) is 0.909. The van der Waals surface area contributed by atoms with Crippen molar-refractivity contribution >= 4 is 6.09 Å². The second-order valence-electron chi connectivity index (χ2n) is 5.30. The first-order valence-corrected chi connectivity index (χ1v) is 5.36. The molecule has 0 aromatic rings. The highest BCUT2D eigenvalue weighted by atomic mass is 19.1. The molecule has 3 nitrogen and oxygen atoms in total. The Balaban J connectivity index is 2.27. The van der Waals surface area contributed by atoms with Crippen molar-refractivity contribution in [1.82, 2.24) is 4.90 Å². The third-order valence-electron chi connectivity index (χ3n) is 2.42. The molecule has 0 radical (unpaired) electrons. The summed E-state index contributed by atoms with van der Waals surface area (Å²) in [4.78, 5) is 13.1. The zero-order valence-corrected chi connectivity index (χ0v) is 9.92. The molecule has 0 atom stereocenters. The van der Waals surface area contributed by atoms with Crippen LogP contribution in [0.2, 0.25) is 0 Å². The van der Waals surface area contributed by atoms with Gasteiger partial charge in [-0.15, -0.1) is 0 Å². The second kappa shape index (κ2) is 4.37. The van der Waals surface area contributed by atoms with Crippen LogP contribution < -0.4 is 0 Å². The molecule has 1 rings (SSSR count). The molecule has 1 amide bonds. The molecular weight excluding hydrogens is 197 g/mol. The summed E-state index contributed by atoms with van der Waals surface area (Å²) in [6.07, 6.45) is 0.159. The second-order valence-corrected chi connectivity index (χ2v) is 5.30. The molecule has 1 saturated carbocycles. The van der Waals surface area contributed by atoms with Gasteiger partial charge in [-0.1, -0.05) is 0 Å². The number of halogens is 1. The summed E-state index contributed by atoms with van der Waals surface area (Å²) in [5.74, 6) is 0.303. The van der Waals surface area contributed by atoms with Crippen LogP contribution in [0.25, 0.3) is 0 Å². The summed E-state index contributed by atoms with van der Waals surface area (Å²) in [5, 5.41) is 0. The minimum absolute atomic E-state index is 0.303. The molecule has 1 fully saturated rings. The molecule has 0 bridgehead atoms. The van der Waals surface area contributed by atoms with Crippen molar-refractivity contribution < 1.29 is 13.9 Å². The first-order valence-electron chi connectivity index (χ1n) is 5.36. The van der Waals surface area contributed by atoms with Gasteiger partial charge in [0, 0.05) is 13.6 Å². The third kappa shape index (κ3) is 4.06. The Bertz CT molecular complexity index is 231. The fourth-order valence-corrected chi connectivity index (χ4v) is 1.61. The van der Waals surface area contributed by atoms with Crippen molar-refractivity contribution in [2.24, 2.45) is 5.92 Å². The van der Waals surface area contributed by atoms with Gasteiger partial charge >= 0.3 is 6.09 Å². The molecule has 0 N–H and O–H groups in total. The highest BCUT2D eigenvalue weighted by Crippen LogP contribution is 2.30. The van der Waals surface area contributed by atoms with Crippen molar-refractivity contribution in [3.8, 4) is 0 Å². The molecular formula is C11H20FNO2. The van der Waals surface area contributed by atoms with Gasteiger partial charge in [0.2, 0.25) is 0 Å². The van der Waals surface area contributed by atoms with Gasteiger partial charge in [0.25, 0.3) is 0 Å². The molecule has 1 aliphatic carbocycles. The van der Waals surface area contributed by atoms with Crippen LogP contribution in [0.3, 0.4) is 0 Å². The summed E-state index contributed by atoms with van der Waals surface area (Å²) in [6.45, 7) is 6.09. The summed E-state index contributed by atoms with van der Waals surface area (Å²) in [7, 11) is 1.69. The first-order chi connectivity index (χ1) is 6.78. The van der Waals surface area contributed by atoms with Crippen LogP contribution >= 0.6 is 0 Å². The van der Waals surface area contributed by atoms with Gasteiger partial charge in [-0.25, -0.2) is 9.18 Å². The molecule has 0 spiro atoms. The van der Waals surface area contributed by atoms with E-state index in [1.54, 1.807) is 7.05 Å². The largest absolute Gasteiger partial charge is 0.444 e. The van der Waals surface area contributed by atoms with Crippen molar-refractivity contribution in [3.63, 3.8) is 0 Å². The first kappa shape index (κ1) is 12.3. The molecule has 0 heterocycles. The Morgan fingerprint density at radius 3 is 2.40 bits per heavy atom. The van der Waals surface area contributed by atoms with Crippen LogP contribution in [0, 0.1) is 5.92 Å². The standard InChI is InChI=1S/C11H20FNO2/c1-11(2,3)15-10(14)13(4)7-8-5-9(12)6-8/h8-9H,5-7H2,1-4H3. The van der Waals surface area contributed by atoms with E-state index in [4.69, 9.17) is 4.74 Å². The number of carbonyl (C=O) groups is 1. The molecule has 88 valence electrons. The van der Waals surface area contributed by atoms with Crippen LogP contribution in [-0.2, 0) is 4.74 Å². The molecule has 15 heavy (non-hydrogen) atoms. The van der Waals surface area contributed by atoms with Crippen LogP contribution in [0.15, 0.2) is 0 Å². The SMILES string of the molecule is CN(CC1CC(F)C1)C(=O)OC(C)(C)C. The molecule has 0 aliphatic heterocycles. The number of carbonyl (C=O) groups excluding carboxylic acids is 1. The van der Waals surface area contributed by atoms with Gasteiger partial charge in [-0.2, -0.15) is 0 Å². The number of hydrogen-bond acceptors (Lipinski definition) is 2. The number of nitrogens with zero attached hydrogens (tertiary/aromatic N) is 1. The monoisotopic (exact) mass is 217 g/mol. The maximum atomic E-state index is 12.6. The maximum Gasteiger partial charge on any atom is 0.410 e. The molecule has 0 saturated heterocycles. The average molecular weight is 217 g/mol. The molecule has 0 aromatic heterocycles. The minimum atomic E-state index is -0.665. The van der Waals surface area contributed by atoms with E-state index in [2.05, 4.69) is 0 Å². The van der Waals surface area contributed by atoms with Crippen molar-refractivity contribution in [2.45, 2.75) is 45.4 Å². The normalized spacial score (nSPS) is 25.7. The van der Waals surface area contributed by atoms with Crippen LogP contribution in [0.1, 0.15) is 33.6 Å². The Labute approximate surface area is 90.6 Å². The predicted octanol–water partition coefficient (Wildman–Crippen LogP) is 2.60. The highest BCUT2D eigenvalue weighted by Gasteiger charge is 2.31. The van der Waals surface area contributed by atoms with Crippen molar-refractivity contribution in [2.75, 3.05) is 13.6 Å². The van der Waals surface area contributed by atoms with Crippen LogP contribution in [0.5, 0.6) is 0 Å². The number of ether oxygens (including phenoxy) is 1. The van der Waals surface area contributed by atoms with E-state index < -0.39 is 11.8 Å². The van der Waals surface area contributed by atoms with Gasteiger partial charge in [0.05, 0.1) is 0 Å². The highest BCUT2D eigenvalue weighted by molar-refractivity contribution is 5.67. The third-order valence-corrected chi connectivity index (χ3v) is 2.42. The molecule has 0 unspecified atom stereocenters. The summed E-state index contributed by atoms with van der Waals surface area (Å²) in [5.41, 5.74) is -0.465. The van der Waals surface area contributed by atoms with E-state index in [0.29, 0.717) is 25.3 Å². The minimum Gasteiger partial charge on any atom is -0.444 e. The lowest BCUT2D eigenvalue weighted by molar-refractivity contribution is 0.0195. The van der Waals surface area contributed by atoms with Gasteiger partial charge in [0.15, 0.2) is 0 Å². The topological polar surface area (TPSA) is 29.5 Å². The Hall–Kier alpha value is -0.800. The number of amides is 1. The quantitative estimate of drug-likeness (QED) is 0.711. The van der Waals surface area contributed by atoms with E-state index in [0.717, 1.165) is 0 Å². The van der Waals surface area contributed by atoms with Crippen LogP contribution in [-0.4, -0.2) is 36.4 Å². The Kier molecular flexibility index (Phi) is 3.58. The van der Waals surface area contributed by atoms with E-state index in [1.807, 2.05) is 20.8 Å². The smallest absolute Gasteiger partial charge is 0.410 e. The average Bonchev–Trinajstić information content (AvgIpc) is 1.98. The molecule has 4 heteroatoms. The predicted molar refractivity (Wildman–Crippen MR) is 56.5 cm³/mol. The number of hydrogen-bond donors (Lipinski definition) is 0. The molecule has 0 aromatic carbocycles. The Morgan fingerprint density at radius 2 is 2.00 bits per heavy atom. The van der Waals surface area contributed by atoms with E-state index in [9.17, 15) is 9.18 Å².